The number of aromatic hydroxyl groups is 1. The summed E-state index contributed by atoms with van der Waals surface area (Å²) in [5, 5.41) is 10.2. The van der Waals surface area contributed by atoms with Gasteiger partial charge < -0.3 is 19.5 Å². The number of carbonyl (C=O) groups excluding carboxylic acids is 1. The molecule has 0 radical (unpaired) electrons. The van der Waals surface area contributed by atoms with E-state index in [9.17, 15) is 9.90 Å². The van der Waals surface area contributed by atoms with Crippen LogP contribution in [0.3, 0.4) is 0 Å². The van der Waals surface area contributed by atoms with E-state index in [0.29, 0.717) is 29.9 Å². The van der Waals surface area contributed by atoms with Crippen LogP contribution in [-0.2, 0) is 11.3 Å². The Labute approximate surface area is 148 Å². The van der Waals surface area contributed by atoms with Gasteiger partial charge in [0.1, 0.15) is 5.75 Å². The van der Waals surface area contributed by atoms with Gasteiger partial charge in [0.05, 0.1) is 0 Å². The van der Waals surface area contributed by atoms with Gasteiger partial charge in [-0.3, -0.25) is 9.69 Å². The SMILES string of the molecule is O=C(CC1CCCC1)N1CCN(Cc2cc3c(cc2O)OCO3)CC1. The first kappa shape index (κ1) is 16.5. The lowest BCUT2D eigenvalue weighted by Gasteiger charge is -2.35. The Balaban J connectivity index is 1.29. The van der Waals surface area contributed by atoms with Crippen molar-refractivity contribution < 1.29 is 19.4 Å². The lowest BCUT2D eigenvalue weighted by atomic mass is 10.0. The Hall–Kier alpha value is -1.95. The van der Waals surface area contributed by atoms with E-state index < -0.39 is 0 Å². The third kappa shape index (κ3) is 3.68. The maximum atomic E-state index is 12.4. The molecule has 6 heteroatoms. The van der Waals surface area contributed by atoms with Crippen LogP contribution < -0.4 is 9.47 Å². The van der Waals surface area contributed by atoms with Crippen molar-refractivity contribution in [3.63, 3.8) is 0 Å². The van der Waals surface area contributed by atoms with Gasteiger partial charge in [0.25, 0.3) is 0 Å². The first-order valence-electron chi connectivity index (χ1n) is 9.30. The zero-order valence-corrected chi connectivity index (χ0v) is 14.6. The number of nitrogens with zero attached hydrogens (tertiary/aromatic N) is 2. The van der Waals surface area contributed by atoms with Crippen molar-refractivity contribution in [2.24, 2.45) is 5.92 Å². The van der Waals surface area contributed by atoms with Crippen LogP contribution in [0.4, 0.5) is 0 Å². The molecule has 2 fully saturated rings. The minimum absolute atomic E-state index is 0.208. The largest absolute Gasteiger partial charge is 0.507 e. The minimum atomic E-state index is 0.208. The van der Waals surface area contributed by atoms with Crippen molar-refractivity contribution in [2.75, 3.05) is 33.0 Å². The Morgan fingerprint density at radius 3 is 2.48 bits per heavy atom. The summed E-state index contributed by atoms with van der Waals surface area (Å²) in [5.74, 6) is 2.46. The number of phenols is 1. The zero-order valence-electron chi connectivity index (χ0n) is 14.6. The highest BCUT2D eigenvalue weighted by Crippen LogP contribution is 2.38. The van der Waals surface area contributed by atoms with Gasteiger partial charge in [0.2, 0.25) is 12.7 Å². The van der Waals surface area contributed by atoms with Crippen LogP contribution in [0, 0.1) is 5.92 Å². The lowest BCUT2D eigenvalue weighted by Crippen LogP contribution is -2.48. The molecule has 136 valence electrons. The molecule has 0 atom stereocenters. The van der Waals surface area contributed by atoms with Gasteiger partial charge in [0, 0.05) is 50.8 Å². The number of phenolic OH excluding ortho intramolecular Hbond substituents is 1. The molecule has 1 saturated heterocycles. The molecular weight excluding hydrogens is 320 g/mol. The topological polar surface area (TPSA) is 62.2 Å². The fourth-order valence-electron chi connectivity index (χ4n) is 4.09. The van der Waals surface area contributed by atoms with E-state index >= 15 is 0 Å². The number of fused-ring (bicyclic) bond motifs is 1. The average molecular weight is 346 g/mol. The first-order valence-corrected chi connectivity index (χ1v) is 9.30. The Bertz CT molecular complexity index is 635. The second-order valence-electron chi connectivity index (χ2n) is 7.35. The normalized spacial score (nSPS) is 21.0. The van der Waals surface area contributed by atoms with E-state index in [-0.39, 0.29) is 12.5 Å². The van der Waals surface area contributed by atoms with Crippen LogP contribution in [0.1, 0.15) is 37.7 Å². The average Bonchev–Trinajstić information content (AvgIpc) is 3.27. The lowest BCUT2D eigenvalue weighted by molar-refractivity contribution is -0.134. The van der Waals surface area contributed by atoms with Crippen LogP contribution in [0.5, 0.6) is 17.2 Å². The van der Waals surface area contributed by atoms with Crippen molar-refractivity contribution in [1.29, 1.82) is 0 Å². The number of ether oxygens (including phenoxy) is 2. The van der Waals surface area contributed by atoms with Gasteiger partial charge in [-0.15, -0.1) is 0 Å². The summed E-state index contributed by atoms with van der Waals surface area (Å²) in [6.07, 6.45) is 5.72. The van der Waals surface area contributed by atoms with Crippen molar-refractivity contribution in [2.45, 2.75) is 38.6 Å². The molecule has 1 aliphatic carbocycles. The van der Waals surface area contributed by atoms with Crippen molar-refractivity contribution in [3.8, 4) is 17.2 Å². The van der Waals surface area contributed by atoms with Gasteiger partial charge >= 0.3 is 0 Å². The van der Waals surface area contributed by atoms with Gasteiger partial charge in [-0.1, -0.05) is 12.8 Å². The second-order valence-corrected chi connectivity index (χ2v) is 7.35. The Morgan fingerprint density at radius 1 is 1.08 bits per heavy atom. The van der Waals surface area contributed by atoms with Crippen LogP contribution >= 0.6 is 0 Å². The van der Waals surface area contributed by atoms with E-state index in [1.807, 2.05) is 11.0 Å². The predicted molar refractivity (Wildman–Crippen MR) is 92.7 cm³/mol. The van der Waals surface area contributed by atoms with E-state index in [4.69, 9.17) is 9.47 Å². The highest BCUT2D eigenvalue weighted by Gasteiger charge is 2.26. The molecule has 3 aliphatic rings. The third-order valence-corrected chi connectivity index (χ3v) is 5.63. The molecule has 1 aromatic rings. The molecule has 0 spiro atoms. The fourth-order valence-corrected chi connectivity index (χ4v) is 4.09. The summed E-state index contributed by atoms with van der Waals surface area (Å²) in [6.45, 7) is 4.09. The van der Waals surface area contributed by atoms with E-state index in [1.165, 1.54) is 25.7 Å². The first-order chi connectivity index (χ1) is 12.2. The molecular formula is C19H26N2O4. The third-order valence-electron chi connectivity index (χ3n) is 5.63. The summed E-state index contributed by atoms with van der Waals surface area (Å²) in [5.41, 5.74) is 0.843. The highest BCUT2D eigenvalue weighted by molar-refractivity contribution is 5.76. The number of amides is 1. The second kappa shape index (κ2) is 7.12. The molecule has 0 bridgehead atoms. The molecule has 1 aromatic carbocycles. The maximum absolute atomic E-state index is 12.4. The number of carbonyl (C=O) groups is 1. The van der Waals surface area contributed by atoms with E-state index in [2.05, 4.69) is 4.90 Å². The standard InChI is InChI=1S/C19H26N2O4/c22-16-11-18-17(24-13-25-18)10-15(16)12-20-5-7-21(8-6-20)19(23)9-14-3-1-2-4-14/h10-11,14,22H,1-9,12-13H2. The smallest absolute Gasteiger partial charge is 0.231 e. The minimum Gasteiger partial charge on any atom is -0.507 e. The molecule has 2 aliphatic heterocycles. The molecule has 25 heavy (non-hydrogen) atoms. The van der Waals surface area contributed by atoms with Crippen molar-refractivity contribution in [1.82, 2.24) is 9.80 Å². The number of benzene rings is 1. The number of piperazine rings is 1. The van der Waals surface area contributed by atoms with Gasteiger partial charge in [0.15, 0.2) is 11.5 Å². The Morgan fingerprint density at radius 2 is 1.76 bits per heavy atom. The molecule has 1 saturated carbocycles. The molecule has 4 rings (SSSR count). The number of rotatable bonds is 4. The van der Waals surface area contributed by atoms with Crippen molar-refractivity contribution >= 4 is 5.91 Å². The van der Waals surface area contributed by atoms with Crippen LogP contribution in [0.25, 0.3) is 0 Å². The molecule has 0 aromatic heterocycles. The number of hydrogen-bond acceptors (Lipinski definition) is 5. The monoisotopic (exact) mass is 346 g/mol. The molecule has 2 heterocycles. The fraction of sp³-hybridized carbons (Fsp3) is 0.632. The molecule has 1 amide bonds. The zero-order chi connectivity index (χ0) is 17.2. The van der Waals surface area contributed by atoms with Crippen LogP contribution in [0.2, 0.25) is 0 Å². The quantitative estimate of drug-likeness (QED) is 0.907. The van der Waals surface area contributed by atoms with Gasteiger partial charge in [-0.25, -0.2) is 0 Å². The van der Waals surface area contributed by atoms with Crippen LogP contribution in [0.15, 0.2) is 12.1 Å². The summed E-state index contributed by atoms with van der Waals surface area (Å²) in [7, 11) is 0. The molecule has 0 unspecified atom stereocenters. The number of hydrogen-bond donors (Lipinski definition) is 1. The summed E-state index contributed by atoms with van der Waals surface area (Å²) < 4.78 is 10.7. The summed E-state index contributed by atoms with van der Waals surface area (Å²) in [4.78, 5) is 16.7. The maximum Gasteiger partial charge on any atom is 0.231 e. The summed E-state index contributed by atoms with van der Waals surface area (Å²) in [6, 6.07) is 3.48. The highest BCUT2D eigenvalue weighted by atomic mass is 16.7. The summed E-state index contributed by atoms with van der Waals surface area (Å²) >= 11 is 0. The predicted octanol–water partition coefficient (Wildman–Crippen LogP) is 2.35. The van der Waals surface area contributed by atoms with Crippen LogP contribution in [-0.4, -0.2) is 53.8 Å². The molecule has 6 nitrogen and oxygen atoms in total. The van der Waals surface area contributed by atoms with E-state index in [0.717, 1.165) is 38.2 Å². The van der Waals surface area contributed by atoms with Crippen molar-refractivity contribution in [3.05, 3.63) is 17.7 Å². The van der Waals surface area contributed by atoms with Gasteiger partial charge in [-0.2, -0.15) is 0 Å². The molecule has 1 N–H and O–H groups in total. The Kier molecular flexibility index (Phi) is 4.70. The van der Waals surface area contributed by atoms with Gasteiger partial charge in [-0.05, 0) is 24.8 Å². The van der Waals surface area contributed by atoms with E-state index in [1.54, 1.807) is 6.07 Å².